The van der Waals surface area contributed by atoms with E-state index in [1.807, 2.05) is 36.4 Å². The van der Waals surface area contributed by atoms with Crippen LogP contribution in [0.15, 0.2) is 46.6 Å². The van der Waals surface area contributed by atoms with Gasteiger partial charge in [-0.05, 0) is 23.8 Å². The van der Waals surface area contributed by atoms with Gasteiger partial charge in [0.1, 0.15) is 0 Å². The minimum atomic E-state index is -0.410. The summed E-state index contributed by atoms with van der Waals surface area (Å²) in [5.41, 5.74) is 3.71. The van der Waals surface area contributed by atoms with Crippen molar-refractivity contribution in [2.45, 2.75) is 18.6 Å². The number of para-hydroxylation sites is 1. The summed E-state index contributed by atoms with van der Waals surface area (Å²) in [7, 11) is 3.27. The van der Waals surface area contributed by atoms with Gasteiger partial charge in [-0.15, -0.1) is 0 Å². The van der Waals surface area contributed by atoms with Gasteiger partial charge in [0, 0.05) is 23.4 Å². The maximum Gasteiger partial charge on any atom is 0.169 e. The van der Waals surface area contributed by atoms with Gasteiger partial charge in [0.15, 0.2) is 17.0 Å². The Morgan fingerprint density at radius 2 is 2.09 bits per heavy atom. The van der Waals surface area contributed by atoms with Crippen molar-refractivity contribution in [1.29, 1.82) is 0 Å². The number of hydrogen-bond donors (Lipinski definition) is 1. The van der Waals surface area contributed by atoms with Crippen molar-refractivity contribution in [2.24, 2.45) is 10.2 Å². The summed E-state index contributed by atoms with van der Waals surface area (Å²) in [6.45, 7) is 1.20. The van der Waals surface area contributed by atoms with E-state index in [2.05, 4.69) is 15.5 Å². The third-order valence-corrected chi connectivity index (χ3v) is 4.12. The molecule has 5 nitrogen and oxygen atoms in total. The van der Waals surface area contributed by atoms with Gasteiger partial charge in [0.05, 0.1) is 20.8 Å². The molecule has 2 aromatic carbocycles. The van der Waals surface area contributed by atoms with Gasteiger partial charge >= 0.3 is 0 Å². The first-order valence-corrected chi connectivity index (χ1v) is 7.74. The molecule has 0 bridgehead atoms. The fraction of sp³-hybridized carbons (Fsp3) is 0.294. The van der Waals surface area contributed by atoms with E-state index in [4.69, 9.17) is 21.1 Å². The lowest BCUT2D eigenvalue weighted by molar-refractivity contribution is 0.352. The van der Waals surface area contributed by atoms with E-state index in [-0.39, 0.29) is 0 Å². The van der Waals surface area contributed by atoms with Crippen LogP contribution in [0.3, 0.4) is 0 Å². The number of nitrogens with one attached hydrogen (secondary N) is 1. The number of rotatable bonds is 5. The smallest absolute Gasteiger partial charge is 0.169 e. The minimum Gasteiger partial charge on any atom is -0.493 e. The van der Waals surface area contributed by atoms with Crippen molar-refractivity contribution in [3.63, 3.8) is 0 Å². The predicted molar refractivity (Wildman–Crippen MR) is 90.5 cm³/mol. The Morgan fingerprint density at radius 1 is 1.22 bits per heavy atom. The zero-order valence-electron chi connectivity index (χ0n) is 13.0. The standard InChI is InChI=1S/C17H18ClN3O2/c1-22-15-5-3-4-12(16(15)23-2)9-19-13-7-6-11-10-20-21-17(18)14(11)8-13/h3-8,17,19H,9-10H2,1-2H3. The highest BCUT2D eigenvalue weighted by Crippen LogP contribution is 2.34. The molecular formula is C17H18ClN3O2. The van der Waals surface area contributed by atoms with Crippen LogP contribution in [0, 0.1) is 0 Å². The van der Waals surface area contributed by atoms with E-state index in [0.29, 0.717) is 13.1 Å². The van der Waals surface area contributed by atoms with Crippen molar-refractivity contribution in [2.75, 3.05) is 19.5 Å². The molecule has 1 atom stereocenters. The number of anilines is 1. The Labute approximate surface area is 140 Å². The first-order chi connectivity index (χ1) is 11.2. The van der Waals surface area contributed by atoms with E-state index < -0.39 is 5.50 Å². The number of methoxy groups -OCH3 is 2. The van der Waals surface area contributed by atoms with Crippen molar-refractivity contribution >= 4 is 17.3 Å². The fourth-order valence-corrected chi connectivity index (χ4v) is 2.88. The Morgan fingerprint density at radius 3 is 2.87 bits per heavy atom. The van der Waals surface area contributed by atoms with Crippen LogP contribution in [-0.4, -0.2) is 14.2 Å². The average Bonchev–Trinajstić information content (AvgIpc) is 2.60. The van der Waals surface area contributed by atoms with Crippen LogP contribution in [0.25, 0.3) is 0 Å². The molecular weight excluding hydrogens is 314 g/mol. The van der Waals surface area contributed by atoms with Gasteiger partial charge < -0.3 is 14.8 Å². The van der Waals surface area contributed by atoms with Gasteiger partial charge in [-0.1, -0.05) is 29.8 Å². The third kappa shape index (κ3) is 3.24. The highest BCUT2D eigenvalue weighted by molar-refractivity contribution is 6.20. The number of azo groups is 1. The molecule has 1 heterocycles. The molecule has 6 heteroatoms. The molecule has 2 aromatic rings. The fourth-order valence-electron chi connectivity index (χ4n) is 2.61. The second-order valence-electron chi connectivity index (χ2n) is 5.17. The molecule has 23 heavy (non-hydrogen) atoms. The van der Waals surface area contributed by atoms with Gasteiger partial charge in [0.2, 0.25) is 0 Å². The number of fused-ring (bicyclic) bond motifs is 1. The van der Waals surface area contributed by atoms with E-state index >= 15 is 0 Å². The van der Waals surface area contributed by atoms with Crippen molar-refractivity contribution in [1.82, 2.24) is 0 Å². The third-order valence-electron chi connectivity index (χ3n) is 3.79. The van der Waals surface area contributed by atoms with Gasteiger partial charge in [-0.3, -0.25) is 0 Å². The lowest BCUT2D eigenvalue weighted by atomic mass is 10.1. The van der Waals surface area contributed by atoms with Crippen molar-refractivity contribution in [3.8, 4) is 11.5 Å². The molecule has 1 aliphatic rings. The van der Waals surface area contributed by atoms with E-state index in [1.54, 1.807) is 14.2 Å². The summed E-state index contributed by atoms with van der Waals surface area (Å²) in [6, 6.07) is 11.9. The molecule has 120 valence electrons. The summed E-state index contributed by atoms with van der Waals surface area (Å²) in [6.07, 6.45) is 0. The van der Waals surface area contributed by atoms with E-state index in [1.165, 1.54) is 0 Å². The molecule has 1 N–H and O–H groups in total. The summed E-state index contributed by atoms with van der Waals surface area (Å²) < 4.78 is 10.8. The predicted octanol–water partition coefficient (Wildman–Crippen LogP) is 4.52. The molecule has 0 fully saturated rings. The Bertz CT molecular complexity index is 734. The number of nitrogens with zero attached hydrogens (tertiary/aromatic N) is 2. The number of halogens is 1. The topological polar surface area (TPSA) is 55.2 Å². The zero-order valence-corrected chi connectivity index (χ0v) is 13.8. The largest absolute Gasteiger partial charge is 0.493 e. The van der Waals surface area contributed by atoms with Crippen LogP contribution in [-0.2, 0) is 13.1 Å². The van der Waals surface area contributed by atoms with Crippen molar-refractivity contribution < 1.29 is 9.47 Å². The van der Waals surface area contributed by atoms with Crippen LogP contribution in [0.5, 0.6) is 11.5 Å². The highest BCUT2D eigenvalue weighted by atomic mass is 35.5. The Hall–Kier alpha value is -2.27. The summed E-state index contributed by atoms with van der Waals surface area (Å²) in [5, 5.41) is 11.4. The molecule has 3 rings (SSSR count). The summed E-state index contributed by atoms with van der Waals surface area (Å²) in [5.74, 6) is 1.46. The number of ether oxygens (including phenoxy) is 2. The van der Waals surface area contributed by atoms with Gasteiger partial charge in [0.25, 0.3) is 0 Å². The van der Waals surface area contributed by atoms with Crippen LogP contribution >= 0.6 is 11.6 Å². The lowest BCUT2D eigenvalue weighted by Crippen LogP contribution is -2.05. The molecule has 0 saturated carbocycles. The lowest BCUT2D eigenvalue weighted by Gasteiger charge is -2.17. The van der Waals surface area contributed by atoms with E-state index in [0.717, 1.165) is 33.9 Å². The first kappa shape index (κ1) is 15.6. The van der Waals surface area contributed by atoms with Crippen molar-refractivity contribution in [3.05, 3.63) is 53.1 Å². The van der Waals surface area contributed by atoms with Gasteiger partial charge in [-0.2, -0.15) is 10.2 Å². The van der Waals surface area contributed by atoms with Crippen LogP contribution < -0.4 is 14.8 Å². The number of benzene rings is 2. The Balaban J connectivity index is 1.78. The molecule has 1 unspecified atom stereocenters. The van der Waals surface area contributed by atoms with Crippen LogP contribution in [0.2, 0.25) is 0 Å². The monoisotopic (exact) mass is 331 g/mol. The maximum absolute atomic E-state index is 6.20. The van der Waals surface area contributed by atoms with Crippen LogP contribution in [0.1, 0.15) is 22.2 Å². The summed E-state index contributed by atoms with van der Waals surface area (Å²) >= 11 is 6.20. The molecule has 0 aliphatic carbocycles. The van der Waals surface area contributed by atoms with Crippen LogP contribution in [0.4, 0.5) is 5.69 Å². The second kappa shape index (κ2) is 6.87. The van der Waals surface area contributed by atoms with Gasteiger partial charge in [-0.25, -0.2) is 0 Å². The maximum atomic E-state index is 6.20. The number of alkyl halides is 1. The Kier molecular flexibility index (Phi) is 4.67. The molecule has 0 radical (unpaired) electrons. The quantitative estimate of drug-likeness (QED) is 0.647. The first-order valence-electron chi connectivity index (χ1n) is 7.30. The molecule has 0 amide bonds. The SMILES string of the molecule is COc1cccc(CNc2ccc3c(c2)C(Cl)N=NC3)c1OC. The minimum absolute atomic E-state index is 0.410. The normalized spacial score (nSPS) is 15.9. The average molecular weight is 332 g/mol. The zero-order chi connectivity index (χ0) is 16.2. The van der Waals surface area contributed by atoms with E-state index in [9.17, 15) is 0 Å². The molecule has 0 aromatic heterocycles. The second-order valence-corrected chi connectivity index (χ2v) is 5.58. The number of hydrogen-bond acceptors (Lipinski definition) is 5. The highest BCUT2D eigenvalue weighted by Gasteiger charge is 2.16. The molecule has 1 aliphatic heterocycles. The summed E-state index contributed by atoms with van der Waals surface area (Å²) in [4.78, 5) is 0. The molecule has 0 saturated heterocycles. The molecule has 0 spiro atoms.